The number of primary amides is 1. The van der Waals surface area contributed by atoms with E-state index in [9.17, 15) is 4.79 Å². The Labute approximate surface area is 126 Å². The van der Waals surface area contributed by atoms with Crippen LogP contribution in [-0.2, 0) is 22.6 Å². The van der Waals surface area contributed by atoms with E-state index in [1.54, 1.807) is 7.11 Å². The number of nitrogens with two attached hydrogens (primary N) is 1. The molecule has 21 heavy (non-hydrogen) atoms. The SMILES string of the molecule is CCCn1nc(C)c(CN2C[C@@H](OC)C[C@H]2C(N)=O)c1C. The fourth-order valence-electron chi connectivity index (χ4n) is 3.10. The number of rotatable bonds is 6. The Bertz CT molecular complexity index is 512. The van der Waals surface area contributed by atoms with Crippen LogP contribution in [0.1, 0.15) is 36.7 Å². The topological polar surface area (TPSA) is 73.4 Å². The van der Waals surface area contributed by atoms with Gasteiger partial charge in [0.05, 0.1) is 17.8 Å². The minimum absolute atomic E-state index is 0.0776. The van der Waals surface area contributed by atoms with E-state index in [0.717, 1.165) is 25.2 Å². The van der Waals surface area contributed by atoms with Crippen molar-refractivity contribution >= 4 is 5.91 Å². The third-order valence-corrected chi connectivity index (χ3v) is 4.35. The molecule has 2 atom stereocenters. The van der Waals surface area contributed by atoms with E-state index < -0.39 is 0 Å². The molecule has 2 heterocycles. The van der Waals surface area contributed by atoms with Crippen molar-refractivity contribution in [3.05, 3.63) is 17.0 Å². The smallest absolute Gasteiger partial charge is 0.234 e. The number of nitrogens with zero attached hydrogens (tertiary/aromatic N) is 3. The fraction of sp³-hybridized carbons (Fsp3) is 0.733. The highest BCUT2D eigenvalue weighted by Gasteiger charge is 2.36. The molecule has 0 spiro atoms. The number of hydrogen-bond acceptors (Lipinski definition) is 4. The second-order valence-electron chi connectivity index (χ2n) is 5.81. The Hall–Kier alpha value is -1.40. The lowest BCUT2D eigenvalue weighted by atomic mass is 10.1. The number of amides is 1. The van der Waals surface area contributed by atoms with Gasteiger partial charge in [0, 0.05) is 38.0 Å². The Balaban J connectivity index is 2.18. The van der Waals surface area contributed by atoms with E-state index in [1.165, 1.54) is 11.3 Å². The molecule has 1 aliphatic heterocycles. The standard InChI is InChI=1S/C15H26N4O2/c1-5-6-19-11(3)13(10(2)17-19)9-18-8-12(21-4)7-14(18)15(16)20/h12,14H,5-9H2,1-4H3,(H2,16,20)/t12-,14-/m0/s1. The highest BCUT2D eigenvalue weighted by atomic mass is 16.5. The van der Waals surface area contributed by atoms with Gasteiger partial charge < -0.3 is 10.5 Å². The number of methoxy groups -OCH3 is 1. The third-order valence-electron chi connectivity index (χ3n) is 4.35. The number of hydrogen-bond donors (Lipinski definition) is 1. The van der Waals surface area contributed by atoms with Crippen molar-refractivity contribution < 1.29 is 9.53 Å². The van der Waals surface area contributed by atoms with Crippen LogP contribution in [0.2, 0.25) is 0 Å². The molecule has 1 aliphatic rings. The summed E-state index contributed by atoms with van der Waals surface area (Å²) in [6.07, 6.45) is 1.81. The first-order valence-electron chi connectivity index (χ1n) is 7.56. The van der Waals surface area contributed by atoms with Crippen LogP contribution in [0, 0.1) is 13.8 Å². The molecule has 0 radical (unpaired) electrons. The molecule has 1 amide bonds. The molecule has 6 nitrogen and oxygen atoms in total. The molecule has 1 fully saturated rings. The molecule has 0 unspecified atom stereocenters. The molecule has 1 aromatic heterocycles. The first-order chi connectivity index (χ1) is 9.97. The van der Waals surface area contributed by atoms with Gasteiger partial charge in [0.15, 0.2) is 0 Å². The lowest BCUT2D eigenvalue weighted by molar-refractivity contribution is -0.122. The van der Waals surface area contributed by atoms with Crippen molar-refractivity contribution in [2.45, 2.75) is 58.8 Å². The zero-order valence-corrected chi connectivity index (χ0v) is 13.4. The molecule has 0 bridgehead atoms. The summed E-state index contributed by atoms with van der Waals surface area (Å²) in [6.45, 7) is 8.62. The van der Waals surface area contributed by atoms with Gasteiger partial charge in [-0.3, -0.25) is 14.4 Å². The van der Waals surface area contributed by atoms with Gasteiger partial charge in [-0.1, -0.05) is 6.92 Å². The fourth-order valence-corrected chi connectivity index (χ4v) is 3.10. The molecule has 2 N–H and O–H groups in total. The Morgan fingerprint density at radius 2 is 2.19 bits per heavy atom. The molecule has 0 aromatic carbocycles. The zero-order valence-electron chi connectivity index (χ0n) is 13.4. The van der Waals surface area contributed by atoms with E-state index >= 15 is 0 Å². The first-order valence-corrected chi connectivity index (χ1v) is 7.56. The molecule has 6 heteroatoms. The second kappa shape index (κ2) is 6.58. The average Bonchev–Trinajstić information content (AvgIpc) is 2.96. The quantitative estimate of drug-likeness (QED) is 0.849. The second-order valence-corrected chi connectivity index (χ2v) is 5.81. The van der Waals surface area contributed by atoms with Crippen LogP contribution >= 0.6 is 0 Å². The lowest BCUT2D eigenvalue weighted by Crippen LogP contribution is -2.39. The van der Waals surface area contributed by atoms with Crippen molar-refractivity contribution in [3.63, 3.8) is 0 Å². The molecular formula is C15H26N4O2. The van der Waals surface area contributed by atoms with Gasteiger partial charge in [0.1, 0.15) is 0 Å². The minimum atomic E-state index is -0.272. The van der Waals surface area contributed by atoms with Crippen molar-refractivity contribution in [2.24, 2.45) is 5.73 Å². The Morgan fingerprint density at radius 3 is 2.76 bits per heavy atom. The van der Waals surface area contributed by atoms with Crippen LogP contribution in [0.3, 0.4) is 0 Å². The van der Waals surface area contributed by atoms with E-state index in [2.05, 4.69) is 23.8 Å². The van der Waals surface area contributed by atoms with Crippen LogP contribution in [-0.4, -0.2) is 46.4 Å². The van der Waals surface area contributed by atoms with Crippen LogP contribution in [0.25, 0.3) is 0 Å². The molecule has 1 aromatic rings. The number of likely N-dealkylation sites (tertiary alicyclic amines) is 1. The van der Waals surface area contributed by atoms with Crippen LogP contribution in [0.4, 0.5) is 0 Å². The van der Waals surface area contributed by atoms with E-state index in [4.69, 9.17) is 10.5 Å². The van der Waals surface area contributed by atoms with Crippen LogP contribution < -0.4 is 5.73 Å². The Kier molecular flexibility index (Phi) is 5.00. The summed E-state index contributed by atoms with van der Waals surface area (Å²) in [5, 5.41) is 4.59. The maximum Gasteiger partial charge on any atom is 0.234 e. The third kappa shape index (κ3) is 3.27. The van der Waals surface area contributed by atoms with Crippen molar-refractivity contribution in [2.75, 3.05) is 13.7 Å². The molecule has 118 valence electrons. The van der Waals surface area contributed by atoms with Gasteiger partial charge in [0.2, 0.25) is 5.91 Å². The number of aromatic nitrogens is 2. The van der Waals surface area contributed by atoms with Gasteiger partial charge in [0.25, 0.3) is 0 Å². The molecule has 0 saturated carbocycles. The zero-order chi connectivity index (χ0) is 15.6. The predicted octanol–water partition coefficient (Wildman–Crippen LogP) is 0.985. The lowest BCUT2D eigenvalue weighted by Gasteiger charge is -2.21. The van der Waals surface area contributed by atoms with Gasteiger partial charge in [-0.25, -0.2) is 0 Å². The molecule has 0 aliphatic carbocycles. The Morgan fingerprint density at radius 1 is 1.48 bits per heavy atom. The summed E-state index contributed by atoms with van der Waals surface area (Å²) >= 11 is 0. The average molecular weight is 294 g/mol. The summed E-state index contributed by atoms with van der Waals surface area (Å²) in [5.74, 6) is -0.272. The summed E-state index contributed by atoms with van der Waals surface area (Å²) < 4.78 is 7.44. The predicted molar refractivity (Wildman–Crippen MR) is 80.8 cm³/mol. The van der Waals surface area contributed by atoms with Crippen LogP contribution in [0.5, 0.6) is 0 Å². The van der Waals surface area contributed by atoms with Gasteiger partial charge in [-0.15, -0.1) is 0 Å². The molecule has 1 saturated heterocycles. The first kappa shape index (κ1) is 16.0. The number of carbonyl (C=O) groups excluding carboxylic acids is 1. The van der Waals surface area contributed by atoms with E-state index in [0.29, 0.717) is 13.0 Å². The van der Waals surface area contributed by atoms with Crippen molar-refractivity contribution in [1.29, 1.82) is 0 Å². The summed E-state index contributed by atoms with van der Waals surface area (Å²) in [7, 11) is 1.68. The molecular weight excluding hydrogens is 268 g/mol. The molecule has 2 rings (SSSR count). The van der Waals surface area contributed by atoms with Gasteiger partial charge >= 0.3 is 0 Å². The van der Waals surface area contributed by atoms with Crippen molar-refractivity contribution in [3.8, 4) is 0 Å². The minimum Gasteiger partial charge on any atom is -0.380 e. The van der Waals surface area contributed by atoms with Crippen LogP contribution in [0.15, 0.2) is 0 Å². The van der Waals surface area contributed by atoms with E-state index in [-0.39, 0.29) is 18.1 Å². The van der Waals surface area contributed by atoms with Gasteiger partial charge in [-0.2, -0.15) is 5.10 Å². The maximum atomic E-state index is 11.6. The number of ether oxygens (including phenoxy) is 1. The normalized spacial score (nSPS) is 22.9. The summed E-state index contributed by atoms with van der Waals surface area (Å²) in [4.78, 5) is 13.8. The van der Waals surface area contributed by atoms with Crippen molar-refractivity contribution in [1.82, 2.24) is 14.7 Å². The van der Waals surface area contributed by atoms with E-state index in [1.807, 2.05) is 11.6 Å². The maximum absolute atomic E-state index is 11.6. The summed E-state index contributed by atoms with van der Waals surface area (Å²) in [6, 6.07) is -0.247. The van der Waals surface area contributed by atoms with Gasteiger partial charge in [-0.05, 0) is 26.7 Å². The summed E-state index contributed by atoms with van der Waals surface area (Å²) in [5.41, 5.74) is 8.94. The monoisotopic (exact) mass is 294 g/mol. The number of carbonyl (C=O) groups is 1. The highest BCUT2D eigenvalue weighted by molar-refractivity contribution is 5.80. The highest BCUT2D eigenvalue weighted by Crippen LogP contribution is 2.24. The largest absolute Gasteiger partial charge is 0.380 e. The number of aryl methyl sites for hydroxylation is 2.